The van der Waals surface area contributed by atoms with Crippen LogP contribution in [0.3, 0.4) is 0 Å². The molecule has 0 aromatic carbocycles. The fourth-order valence-electron chi connectivity index (χ4n) is 1.83. The van der Waals surface area contributed by atoms with Crippen molar-refractivity contribution in [2.24, 2.45) is 17.8 Å². The maximum absolute atomic E-state index is 11.7. The summed E-state index contributed by atoms with van der Waals surface area (Å²) in [7, 11) is 0. The number of aliphatic carboxylic acids is 1. The zero-order valence-corrected chi connectivity index (χ0v) is 8.56. The molecule has 1 aliphatic carbocycles. The maximum Gasteiger partial charge on any atom is 0.307 e. The van der Waals surface area contributed by atoms with Gasteiger partial charge in [-0.05, 0) is 12.8 Å². The molecule has 0 radical (unpaired) electrons. The molecule has 14 heavy (non-hydrogen) atoms. The standard InChI is InChI=1S/C11H16O3/c1-7(2)10(12)8-5-3-4-6-9(8)11(13)14/h3-4,7-9H,5-6H2,1-2H3,(H,13,14)/t8-,9+/m1/s1. The van der Waals surface area contributed by atoms with E-state index in [-0.39, 0.29) is 17.6 Å². The number of rotatable bonds is 3. The molecule has 1 rings (SSSR count). The summed E-state index contributed by atoms with van der Waals surface area (Å²) in [6.45, 7) is 3.64. The number of hydrogen-bond donors (Lipinski definition) is 1. The second-order valence-electron chi connectivity index (χ2n) is 4.05. The van der Waals surface area contributed by atoms with Gasteiger partial charge in [0.25, 0.3) is 0 Å². The molecule has 1 aliphatic rings. The first-order chi connectivity index (χ1) is 6.54. The van der Waals surface area contributed by atoms with Gasteiger partial charge in [-0.1, -0.05) is 26.0 Å². The van der Waals surface area contributed by atoms with Gasteiger partial charge in [0.1, 0.15) is 5.78 Å². The Hall–Kier alpha value is -1.12. The van der Waals surface area contributed by atoms with Gasteiger partial charge in [-0.15, -0.1) is 0 Å². The van der Waals surface area contributed by atoms with E-state index < -0.39 is 11.9 Å². The fourth-order valence-corrected chi connectivity index (χ4v) is 1.83. The maximum atomic E-state index is 11.7. The van der Waals surface area contributed by atoms with Gasteiger partial charge in [0.15, 0.2) is 0 Å². The number of Topliss-reactive ketones (excluding diaryl/α,β-unsaturated/α-hetero) is 1. The molecule has 0 aliphatic heterocycles. The van der Waals surface area contributed by atoms with Gasteiger partial charge in [-0.25, -0.2) is 0 Å². The third kappa shape index (κ3) is 2.22. The number of carboxylic acids is 1. The molecule has 0 amide bonds. The molecule has 0 saturated heterocycles. The van der Waals surface area contributed by atoms with Crippen molar-refractivity contribution in [3.63, 3.8) is 0 Å². The third-order valence-corrected chi connectivity index (χ3v) is 2.68. The van der Waals surface area contributed by atoms with Crippen molar-refractivity contribution in [3.05, 3.63) is 12.2 Å². The number of hydrogen-bond acceptors (Lipinski definition) is 2. The molecule has 3 nitrogen and oxygen atoms in total. The van der Waals surface area contributed by atoms with E-state index in [2.05, 4.69) is 0 Å². The smallest absolute Gasteiger partial charge is 0.307 e. The highest BCUT2D eigenvalue weighted by atomic mass is 16.4. The number of carbonyl (C=O) groups is 2. The molecule has 0 aromatic heterocycles. The third-order valence-electron chi connectivity index (χ3n) is 2.68. The Morgan fingerprint density at radius 2 is 1.71 bits per heavy atom. The minimum atomic E-state index is -0.853. The Morgan fingerprint density at radius 3 is 2.14 bits per heavy atom. The fraction of sp³-hybridized carbons (Fsp3) is 0.636. The average molecular weight is 196 g/mol. The van der Waals surface area contributed by atoms with Crippen molar-refractivity contribution in [2.75, 3.05) is 0 Å². The van der Waals surface area contributed by atoms with Crippen LogP contribution in [0, 0.1) is 17.8 Å². The Labute approximate surface area is 83.8 Å². The summed E-state index contributed by atoms with van der Waals surface area (Å²) in [6.07, 6.45) is 4.82. The van der Waals surface area contributed by atoms with E-state index >= 15 is 0 Å². The van der Waals surface area contributed by atoms with E-state index in [9.17, 15) is 9.59 Å². The Bertz CT molecular complexity index is 266. The van der Waals surface area contributed by atoms with E-state index in [0.717, 1.165) is 0 Å². The van der Waals surface area contributed by atoms with Crippen molar-refractivity contribution >= 4 is 11.8 Å². The van der Waals surface area contributed by atoms with Crippen LogP contribution in [0.4, 0.5) is 0 Å². The summed E-state index contributed by atoms with van der Waals surface area (Å²) in [5, 5.41) is 8.95. The Balaban J connectivity index is 2.79. The largest absolute Gasteiger partial charge is 0.481 e. The lowest BCUT2D eigenvalue weighted by Crippen LogP contribution is -2.33. The van der Waals surface area contributed by atoms with E-state index in [1.807, 2.05) is 26.0 Å². The van der Waals surface area contributed by atoms with E-state index in [0.29, 0.717) is 12.8 Å². The summed E-state index contributed by atoms with van der Waals surface area (Å²) in [6, 6.07) is 0. The van der Waals surface area contributed by atoms with E-state index in [4.69, 9.17) is 5.11 Å². The van der Waals surface area contributed by atoms with Gasteiger partial charge in [-0.2, -0.15) is 0 Å². The van der Waals surface area contributed by atoms with Crippen LogP contribution in [0.2, 0.25) is 0 Å². The molecule has 0 spiro atoms. The van der Waals surface area contributed by atoms with Gasteiger partial charge in [-0.3, -0.25) is 9.59 Å². The highest BCUT2D eigenvalue weighted by molar-refractivity contribution is 5.88. The van der Waals surface area contributed by atoms with Crippen molar-refractivity contribution in [1.29, 1.82) is 0 Å². The minimum absolute atomic E-state index is 0.0711. The van der Waals surface area contributed by atoms with Gasteiger partial charge >= 0.3 is 5.97 Å². The topological polar surface area (TPSA) is 54.4 Å². The van der Waals surface area contributed by atoms with Crippen molar-refractivity contribution in [2.45, 2.75) is 26.7 Å². The highest BCUT2D eigenvalue weighted by Crippen LogP contribution is 2.28. The van der Waals surface area contributed by atoms with Crippen molar-refractivity contribution < 1.29 is 14.7 Å². The highest BCUT2D eigenvalue weighted by Gasteiger charge is 2.34. The number of ketones is 1. The Morgan fingerprint density at radius 1 is 1.21 bits per heavy atom. The molecule has 0 heterocycles. The predicted molar refractivity (Wildman–Crippen MR) is 52.8 cm³/mol. The molecule has 0 aromatic rings. The van der Waals surface area contributed by atoms with Crippen LogP contribution in [0.15, 0.2) is 12.2 Å². The number of allylic oxidation sites excluding steroid dienone is 2. The molecule has 0 fully saturated rings. The molecule has 2 atom stereocenters. The molecular formula is C11H16O3. The minimum Gasteiger partial charge on any atom is -0.481 e. The van der Waals surface area contributed by atoms with Gasteiger partial charge < -0.3 is 5.11 Å². The first-order valence-corrected chi connectivity index (χ1v) is 4.95. The first kappa shape index (κ1) is 11.0. The zero-order chi connectivity index (χ0) is 10.7. The molecule has 0 saturated carbocycles. The zero-order valence-electron chi connectivity index (χ0n) is 8.56. The van der Waals surface area contributed by atoms with Gasteiger partial charge in [0.05, 0.1) is 5.92 Å². The monoisotopic (exact) mass is 196 g/mol. The van der Waals surface area contributed by atoms with Crippen LogP contribution in [0.25, 0.3) is 0 Å². The van der Waals surface area contributed by atoms with Crippen LogP contribution in [-0.2, 0) is 9.59 Å². The van der Waals surface area contributed by atoms with Crippen LogP contribution in [-0.4, -0.2) is 16.9 Å². The summed E-state index contributed by atoms with van der Waals surface area (Å²) < 4.78 is 0. The number of carbonyl (C=O) groups excluding carboxylic acids is 1. The lowest BCUT2D eigenvalue weighted by molar-refractivity contribution is -0.147. The summed E-state index contributed by atoms with van der Waals surface area (Å²) in [5.41, 5.74) is 0. The van der Waals surface area contributed by atoms with Crippen molar-refractivity contribution in [1.82, 2.24) is 0 Å². The SMILES string of the molecule is CC(C)C(=O)[C@@H]1CC=CC[C@@H]1C(=O)O. The molecule has 0 unspecified atom stereocenters. The van der Waals surface area contributed by atoms with Gasteiger partial charge in [0.2, 0.25) is 0 Å². The van der Waals surface area contributed by atoms with Gasteiger partial charge in [0, 0.05) is 11.8 Å². The lowest BCUT2D eigenvalue weighted by atomic mass is 9.77. The predicted octanol–water partition coefficient (Wildman–Crippen LogP) is 1.88. The van der Waals surface area contributed by atoms with Crippen LogP contribution >= 0.6 is 0 Å². The van der Waals surface area contributed by atoms with Crippen molar-refractivity contribution in [3.8, 4) is 0 Å². The normalized spacial score (nSPS) is 26.5. The average Bonchev–Trinajstić information content (AvgIpc) is 2.16. The summed E-state index contributed by atoms with van der Waals surface area (Å²) in [4.78, 5) is 22.6. The summed E-state index contributed by atoms with van der Waals surface area (Å²) in [5.74, 6) is -1.70. The quantitative estimate of drug-likeness (QED) is 0.701. The molecule has 0 bridgehead atoms. The molecule has 78 valence electrons. The Kier molecular flexibility index (Phi) is 3.44. The second-order valence-corrected chi connectivity index (χ2v) is 4.05. The van der Waals surface area contributed by atoms with E-state index in [1.165, 1.54) is 0 Å². The lowest BCUT2D eigenvalue weighted by Gasteiger charge is -2.25. The van der Waals surface area contributed by atoms with Crippen LogP contribution in [0.1, 0.15) is 26.7 Å². The van der Waals surface area contributed by atoms with Crippen LogP contribution < -0.4 is 0 Å². The van der Waals surface area contributed by atoms with E-state index in [1.54, 1.807) is 0 Å². The molecule has 1 N–H and O–H groups in total. The van der Waals surface area contributed by atoms with Crippen LogP contribution in [0.5, 0.6) is 0 Å². The first-order valence-electron chi connectivity index (χ1n) is 4.95. The number of carboxylic acid groups (broad SMARTS) is 1. The molecular weight excluding hydrogens is 180 g/mol. The molecule has 3 heteroatoms. The summed E-state index contributed by atoms with van der Waals surface area (Å²) >= 11 is 0. The second kappa shape index (κ2) is 4.40.